The molecule has 190 valence electrons. The molecule has 0 atom stereocenters. The van der Waals surface area contributed by atoms with Crippen LogP contribution in [-0.2, 0) is 4.74 Å². The number of carbonyl (C=O) groups excluding carboxylic acids is 1. The minimum atomic E-state index is -1.03. The lowest BCUT2D eigenvalue weighted by atomic mass is 9.95. The van der Waals surface area contributed by atoms with Gasteiger partial charge in [0, 0.05) is 38.4 Å². The molecule has 0 saturated carbocycles. The maximum Gasteiger partial charge on any atom is 0.404 e. The first-order valence-electron chi connectivity index (χ1n) is 11.9. The number of fused-ring (bicyclic) bond motifs is 1. The summed E-state index contributed by atoms with van der Waals surface area (Å²) in [5.41, 5.74) is 2.03. The molecule has 0 bridgehead atoms. The first kappa shape index (κ1) is 24.2. The number of nitrogens with zero attached hydrogens (tertiary/aromatic N) is 4. The van der Waals surface area contributed by atoms with Gasteiger partial charge >= 0.3 is 6.09 Å². The molecule has 12 heteroatoms. The largest absolute Gasteiger partial charge is 0.465 e. The van der Waals surface area contributed by atoms with Crippen LogP contribution in [0.25, 0.3) is 10.3 Å². The molecule has 2 aromatic heterocycles. The minimum Gasteiger partial charge on any atom is -0.465 e. The molecule has 3 aromatic rings. The van der Waals surface area contributed by atoms with E-state index in [0.29, 0.717) is 49.9 Å². The quantitative estimate of drug-likeness (QED) is 0.458. The van der Waals surface area contributed by atoms with Crippen LogP contribution in [0.4, 0.5) is 25.7 Å². The van der Waals surface area contributed by atoms with Gasteiger partial charge in [-0.2, -0.15) is 4.98 Å². The van der Waals surface area contributed by atoms with Gasteiger partial charge in [0.05, 0.1) is 35.4 Å². The van der Waals surface area contributed by atoms with Crippen LogP contribution in [0.3, 0.4) is 0 Å². The van der Waals surface area contributed by atoms with E-state index in [1.54, 1.807) is 12.3 Å². The fourth-order valence-corrected chi connectivity index (χ4v) is 5.56. The first-order chi connectivity index (χ1) is 17.5. The van der Waals surface area contributed by atoms with Crippen LogP contribution in [0, 0.1) is 11.7 Å². The van der Waals surface area contributed by atoms with Crippen LogP contribution in [0.2, 0.25) is 0 Å². The number of hydrogen-bond acceptors (Lipinski definition) is 8. The number of anilines is 3. The zero-order valence-corrected chi connectivity index (χ0v) is 20.4. The lowest BCUT2D eigenvalue weighted by Gasteiger charge is -2.34. The number of pyridine rings is 1. The fourth-order valence-electron chi connectivity index (χ4n) is 4.54. The van der Waals surface area contributed by atoms with Crippen LogP contribution < -0.4 is 20.4 Å². The highest BCUT2D eigenvalue weighted by atomic mass is 32.1. The minimum absolute atomic E-state index is 0.231. The van der Waals surface area contributed by atoms with E-state index in [4.69, 9.17) is 9.84 Å². The molecule has 3 N–H and O–H groups in total. The summed E-state index contributed by atoms with van der Waals surface area (Å²) in [6.45, 7) is 4.58. The Kier molecular flexibility index (Phi) is 7.14. The van der Waals surface area contributed by atoms with Crippen molar-refractivity contribution in [3.8, 4) is 0 Å². The van der Waals surface area contributed by atoms with Crippen molar-refractivity contribution in [1.82, 2.24) is 15.3 Å². The van der Waals surface area contributed by atoms with Crippen molar-refractivity contribution >= 4 is 50.2 Å². The summed E-state index contributed by atoms with van der Waals surface area (Å²) in [5.74, 6) is -0.677. The zero-order valence-electron chi connectivity index (χ0n) is 19.6. The van der Waals surface area contributed by atoms with Crippen molar-refractivity contribution in [1.29, 1.82) is 0 Å². The van der Waals surface area contributed by atoms with Gasteiger partial charge in [-0.1, -0.05) is 11.3 Å². The molecule has 2 aliphatic heterocycles. The number of nitrogens with one attached hydrogen (secondary N) is 2. The third-order valence-electron chi connectivity index (χ3n) is 6.48. The number of amides is 2. The Bertz CT molecular complexity index is 1260. The van der Waals surface area contributed by atoms with E-state index in [0.717, 1.165) is 35.8 Å². The summed E-state index contributed by atoms with van der Waals surface area (Å²) in [7, 11) is 0. The number of ether oxygens (including phenoxy) is 1. The van der Waals surface area contributed by atoms with E-state index in [1.165, 1.54) is 23.5 Å². The fraction of sp³-hybridized carbons (Fsp3) is 0.417. The SMILES string of the molecule is O=C(O)NCC1CCN(c2ccc(F)cc2C(=O)Nc2cnc3nc(N4CCOCC4)sc3c2)CC1. The molecular weight excluding hydrogens is 487 g/mol. The Morgan fingerprint density at radius 2 is 1.92 bits per heavy atom. The molecule has 0 aliphatic carbocycles. The summed E-state index contributed by atoms with van der Waals surface area (Å²) >= 11 is 1.51. The molecule has 2 aliphatic rings. The van der Waals surface area contributed by atoms with E-state index < -0.39 is 17.8 Å². The second kappa shape index (κ2) is 10.6. The van der Waals surface area contributed by atoms with Crippen molar-refractivity contribution in [3.63, 3.8) is 0 Å². The Morgan fingerprint density at radius 1 is 1.14 bits per heavy atom. The maximum absolute atomic E-state index is 14.1. The number of thiazole rings is 1. The molecular formula is C24H27FN6O4S. The third-order valence-corrected chi connectivity index (χ3v) is 7.53. The van der Waals surface area contributed by atoms with Gasteiger partial charge < -0.3 is 30.3 Å². The maximum atomic E-state index is 14.1. The van der Waals surface area contributed by atoms with Gasteiger partial charge in [0.1, 0.15) is 5.82 Å². The van der Waals surface area contributed by atoms with Crippen LogP contribution in [0.5, 0.6) is 0 Å². The van der Waals surface area contributed by atoms with Crippen LogP contribution >= 0.6 is 11.3 Å². The molecule has 2 saturated heterocycles. The van der Waals surface area contributed by atoms with Crippen molar-refractivity contribution in [2.24, 2.45) is 5.92 Å². The molecule has 0 unspecified atom stereocenters. The van der Waals surface area contributed by atoms with Gasteiger partial charge in [0.2, 0.25) is 0 Å². The Balaban J connectivity index is 1.29. The second-order valence-electron chi connectivity index (χ2n) is 8.87. The highest BCUT2D eigenvalue weighted by Crippen LogP contribution is 2.31. The Hall–Kier alpha value is -3.51. The smallest absolute Gasteiger partial charge is 0.404 e. The lowest BCUT2D eigenvalue weighted by molar-refractivity contribution is 0.102. The number of aromatic nitrogens is 2. The van der Waals surface area contributed by atoms with E-state index in [-0.39, 0.29) is 11.5 Å². The van der Waals surface area contributed by atoms with Crippen molar-refractivity contribution in [3.05, 3.63) is 41.8 Å². The monoisotopic (exact) mass is 514 g/mol. The number of carbonyl (C=O) groups is 2. The highest BCUT2D eigenvalue weighted by Gasteiger charge is 2.24. The number of carboxylic acid groups (broad SMARTS) is 1. The highest BCUT2D eigenvalue weighted by molar-refractivity contribution is 7.22. The average Bonchev–Trinajstić information content (AvgIpc) is 3.32. The predicted molar refractivity (Wildman–Crippen MR) is 136 cm³/mol. The summed E-state index contributed by atoms with van der Waals surface area (Å²) in [6.07, 6.45) is 2.08. The summed E-state index contributed by atoms with van der Waals surface area (Å²) in [6, 6.07) is 6.06. The third kappa shape index (κ3) is 5.49. The summed E-state index contributed by atoms with van der Waals surface area (Å²) < 4.78 is 20.4. The topological polar surface area (TPSA) is 120 Å². The van der Waals surface area contributed by atoms with Crippen LogP contribution in [0.1, 0.15) is 23.2 Å². The van der Waals surface area contributed by atoms with Crippen molar-refractivity contribution in [2.75, 3.05) is 61.1 Å². The van der Waals surface area contributed by atoms with Gasteiger partial charge in [-0.3, -0.25) is 4.79 Å². The number of piperidine rings is 1. The van der Waals surface area contributed by atoms with Gasteiger partial charge in [0.25, 0.3) is 5.91 Å². The molecule has 10 nitrogen and oxygen atoms in total. The average molecular weight is 515 g/mol. The van der Waals surface area contributed by atoms with Gasteiger partial charge in [0.15, 0.2) is 10.8 Å². The number of hydrogen-bond donors (Lipinski definition) is 3. The zero-order chi connectivity index (χ0) is 25.1. The van der Waals surface area contributed by atoms with Gasteiger partial charge in [-0.25, -0.2) is 14.2 Å². The van der Waals surface area contributed by atoms with Gasteiger partial charge in [-0.15, -0.1) is 0 Å². The van der Waals surface area contributed by atoms with Crippen LogP contribution in [0.15, 0.2) is 30.5 Å². The first-order valence-corrected chi connectivity index (χ1v) is 12.7. The molecule has 0 spiro atoms. The molecule has 4 heterocycles. The van der Waals surface area contributed by atoms with Crippen molar-refractivity contribution < 1.29 is 23.8 Å². The molecule has 36 heavy (non-hydrogen) atoms. The van der Waals surface area contributed by atoms with E-state index in [1.807, 2.05) is 11.0 Å². The van der Waals surface area contributed by atoms with Gasteiger partial charge in [-0.05, 0) is 43.0 Å². The van der Waals surface area contributed by atoms with E-state index in [9.17, 15) is 14.0 Å². The normalized spacial score (nSPS) is 16.8. The summed E-state index contributed by atoms with van der Waals surface area (Å²) in [4.78, 5) is 37.2. The summed E-state index contributed by atoms with van der Waals surface area (Å²) in [5, 5.41) is 15.0. The Morgan fingerprint density at radius 3 is 2.67 bits per heavy atom. The number of benzene rings is 1. The molecule has 2 amide bonds. The van der Waals surface area contributed by atoms with Crippen molar-refractivity contribution in [2.45, 2.75) is 12.8 Å². The molecule has 5 rings (SSSR count). The Labute approximate surface area is 211 Å². The standard InChI is InChI=1S/C24H27FN6O4S/c25-16-1-2-19(30-5-3-15(4-6-30)13-27-24(33)34)18(11-16)22(32)28-17-12-20-21(26-14-17)29-23(36-20)31-7-9-35-10-8-31/h1-2,11-12,14-15,27H,3-10,13H2,(H,28,32)(H,33,34). The molecule has 1 aromatic carbocycles. The molecule has 0 radical (unpaired) electrons. The second-order valence-corrected chi connectivity index (χ2v) is 9.88. The number of halogens is 1. The van der Waals surface area contributed by atoms with E-state index >= 15 is 0 Å². The predicted octanol–water partition coefficient (Wildman–Crippen LogP) is 3.40. The van der Waals surface area contributed by atoms with Crippen LogP contribution in [-0.4, -0.2) is 73.0 Å². The molecule has 2 fully saturated rings. The number of morpholine rings is 1. The lowest BCUT2D eigenvalue weighted by Crippen LogP contribution is -2.39. The van der Waals surface area contributed by atoms with E-state index in [2.05, 4.69) is 25.5 Å². The number of rotatable bonds is 6.